The van der Waals surface area contributed by atoms with E-state index in [2.05, 4.69) is 37.3 Å². The lowest BCUT2D eigenvalue weighted by Crippen LogP contribution is -2.14. The maximum absolute atomic E-state index is 12.4. The van der Waals surface area contributed by atoms with Crippen LogP contribution in [0.25, 0.3) is 5.69 Å². The summed E-state index contributed by atoms with van der Waals surface area (Å²) in [5, 5.41) is 22.2. The summed E-state index contributed by atoms with van der Waals surface area (Å²) in [6.07, 6.45) is 3.61. The van der Waals surface area contributed by atoms with Crippen molar-refractivity contribution in [1.29, 1.82) is 0 Å². The summed E-state index contributed by atoms with van der Waals surface area (Å²) < 4.78 is 3.61. The average molecular weight is 403 g/mol. The molecular weight excluding hydrogens is 380 g/mol. The van der Waals surface area contributed by atoms with E-state index in [0.717, 1.165) is 48.7 Å². The molecule has 0 spiro atoms. The van der Waals surface area contributed by atoms with E-state index < -0.39 is 0 Å². The molecule has 1 aliphatic rings. The van der Waals surface area contributed by atoms with Gasteiger partial charge in [0.2, 0.25) is 5.91 Å². The number of aryl methyl sites for hydroxylation is 3. The number of benzene rings is 1. The largest absolute Gasteiger partial charge is 0.326 e. The summed E-state index contributed by atoms with van der Waals surface area (Å²) in [4.78, 5) is 12.4. The number of nitrogens with zero attached hydrogens (tertiary/aromatic N) is 6. The molecule has 9 nitrogen and oxygen atoms in total. The predicted molar refractivity (Wildman–Crippen MR) is 107 cm³/mol. The fraction of sp³-hybridized carbons (Fsp3) is 0.389. The topological polar surface area (TPSA) is 103 Å². The number of nitrogens with one attached hydrogen (secondary N) is 2. The van der Waals surface area contributed by atoms with Crippen LogP contribution < -0.4 is 10.6 Å². The number of hydrogen-bond donors (Lipinski definition) is 2. The normalized spacial score (nSPS) is 13.3. The lowest BCUT2D eigenvalue weighted by atomic mass is 10.1. The molecule has 1 aliphatic heterocycles. The first-order valence-electron chi connectivity index (χ1n) is 9.09. The van der Waals surface area contributed by atoms with Crippen molar-refractivity contribution in [1.82, 2.24) is 35.3 Å². The first-order valence-corrected chi connectivity index (χ1v) is 9.09. The Morgan fingerprint density at radius 1 is 1.32 bits per heavy atom. The Morgan fingerprint density at radius 2 is 2.21 bits per heavy atom. The third-order valence-corrected chi connectivity index (χ3v) is 4.66. The van der Waals surface area contributed by atoms with Gasteiger partial charge in [-0.2, -0.15) is 5.10 Å². The van der Waals surface area contributed by atoms with Gasteiger partial charge in [0.25, 0.3) is 0 Å². The summed E-state index contributed by atoms with van der Waals surface area (Å²) in [5.74, 6) is -0.0340. The third kappa shape index (κ3) is 4.55. The highest BCUT2D eigenvalue weighted by molar-refractivity contribution is 5.91. The van der Waals surface area contributed by atoms with Gasteiger partial charge in [0, 0.05) is 31.6 Å². The van der Waals surface area contributed by atoms with Gasteiger partial charge in [0.15, 0.2) is 0 Å². The van der Waals surface area contributed by atoms with Crippen molar-refractivity contribution in [3.63, 3.8) is 0 Å². The predicted octanol–water partition coefficient (Wildman–Crippen LogP) is 1.65. The average Bonchev–Trinajstić information content (AvgIpc) is 3.28. The van der Waals surface area contributed by atoms with Crippen molar-refractivity contribution in [2.24, 2.45) is 0 Å². The van der Waals surface area contributed by atoms with Gasteiger partial charge in [-0.05, 0) is 54.1 Å². The van der Waals surface area contributed by atoms with Crippen molar-refractivity contribution >= 4 is 24.0 Å². The summed E-state index contributed by atoms with van der Waals surface area (Å²) >= 11 is 0. The van der Waals surface area contributed by atoms with E-state index in [1.807, 2.05) is 29.8 Å². The Kier molecular flexibility index (Phi) is 6.37. The minimum atomic E-state index is -0.0340. The molecule has 2 aromatic heterocycles. The molecule has 4 rings (SSSR count). The summed E-state index contributed by atoms with van der Waals surface area (Å²) in [5.41, 5.74) is 4.69. The maximum atomic E-state index is 12.4. The lowest BCUT2D eigenvalue weighted by Gasteiger charge is -2.10. The zero-order chi connectivity index (χ0) is 18.6. The van der Waals surface area contributed by atoms with Crippen molar-refractivity contribution in [3.05, 3.63) is 47.5 Å². The van der Waals surface area contributed by atoms with Crippen LogP contribution >= 0.6 is 12.4 Å². The molecule has 0 saturated heterocycles. The van der Waals surface area contributed by atoms with Crippen molar-refractivity contribution in [2.75, 3.05) is 11.9 Å². The number of fused-ring (bicyclic) bond motifs is 1. The van der Waals surface area contributed by atoms with E-state index in [1.165, 1.54) is 12.0 Å². The second kappa shape index (κ2) is 8.94. The monoisotopic (exact) mass is 402 g/mol. The lowest BCUT2D eigenvalue weighted by molar-refractivity contribution is -0.116. The standard InChI is InChI=1S/C18H22N8O.ClH/c1-13-3-5-15(26-12-20-23-24-26)10-17(13)21-18(27)6-4-14-9-16-11-19-7-2-8-25(16)22-14;/h3,5,9-10,12,19H,2,4,6-8,11H2,1H3,(H,21,27);1H. The first-order chi connectivity index (χ1) is 13.2. The fourth-order valence-electron chi connectivity index (χ4n) is 3.16. The van der Waals surface area contributed by atoms with Crippen LogP contribution in [0.3, 0.4) is 0 Å². The molecule has 3 heterocycles. The van der Waals surface area contributed by atoms with Gasteiger partial charge in [0.05, 0.1) is 17.1 Å². The number of aromatic nitrogens is 6. The summed E-state index contributed by atoms with van der Waals surface area (Å²) in [6.45, 7) is 4.74. The zero-order valence-electron chi connectivity index (χ0n) is 15.6. The highest BCUT2D eigenvalue weighted by atomic mass is 35.5. The van der Waals surface area contributed by atoms with Gasteiger partial charge in [-0.15, -0.1) is 17.5 Å². The number of tetrazole rings is 1. The smallest absolute Gasteiger partial charge is 0.224 e. The molecule has 0 bridgehead atoms. The summed E-state index contributed by atoms with van der Waals surface area (Å²) in [7, 11) is 0. The molecule has 148 valence electrons. The Balaban J connectivity index is 0.00000225. The molecule has 0 radical (unpaired) electrons. The number of halogens is 1. The third-order valence-electron chi connectivity index (χ3n) is 4.66. The highest BCUT2D eigenvalue weighted by Crippen LogP contribution is 2.19. The molecule has 0 unspecified atom stereocenters. The molecule has 0 fully saturated rings. The first kappa shape index (κ1) is 20.0. The van der Waals surface area contributed by atoms with Crippen LogP contribution in [0.2, 0.25) is 0 Å². The number of amides is 1. The minimum absolute atomic E-state index is 0. The van der Waals surface area contributed by atoms with Crippen LogP contribution in [0, 0.1) is 6.92 Å². The van der Waals surface area contributed by atoms with Crippen LogP contribution in [-0.2, 0) is 24.3 Å². The Labute approximate surface area is 168 Å². The second-order valence-corrected chi connectivity index (χ2v) is 6.68. The molecule has 3 aromatic rings. The molecule has 1 aromatic carbocycles. The van der Waals surface area contributed by atoms with Crippen molar-refractivity contribution in [2.45, 2.75) is 39.3 Å². The van der Waals surface area contributed by atoms with E-state index in [9.17, 15) is 4.79 Å². The van der Waals surface area contributed by atoms with E-state index in [-0.39, 0.29) is 18.3 Å². The Bertz CT molecular complexity index is 914. The molecule has 28 heavy (non-hydrogen) atoms. The molecule has 0 atom stereocenters. The van der Waals surface area contributed by atoms with Crippen LogP contribution in [0.5, 0.6) is 0 Å². The van der Waals surface area contributed by atoms with Crippen LogP contribution in [0.15, 0.2) is 30.6 Å². The molecule has 0 aliphatic carbocycles. The SMILES string of the molecule is Cc1ccc(-n2cnnn2)cc1NC(=O)CCc1cc2n(n1)CCCNC2.Cl. The fourth-order valence-corrected chi connectivity index (χ4v) is 3.16. The van der Waals surface area contributed by atoms with E-state index in [4.69, 9.17) is 0 Å². The molecular formula is C18H23ClN8O. The van der Waals surface area contributed by atoms with Crippen molar-refractivity contribution in [3.8, 4) is 5.69 Å². The maximum Gasteiger partial charge on any atom is 0.224 e. The minimum Gasteiger partial charge on any atom is -0.326 e. The quantitative estimate of drug-likeness (QED) is 0.672. The number of anilines is 1. The van der Waals surface area contributed by atoms with E-state index in [1.54, 1.807) is 4.68 Å². The van der Waals surface area contributed by atoms with E-state index >= 15 is 0 Å². The molecule has 0 saturated carbocycles. The van der Waals surface area contributed by atoms with Gasteiger partial charge < -0.3 is 10.6 Å². The molecule has 1 amide bonds. The van der Waals surface area contributed by atoms with Gasteiger partial charge in [-0.1, -0.05) is 6.07 Å². The molecule has 10 heteroatoms. The Morgan fingerprint density at radius 3 is 3.04 bits per heavy atom. The Hall–Kier alpha value is -2.78. The zero-order valence-corrected chi connectivity index (χ0v) is 16.4. The van der Waals surface area contributed by atoms with Crippen molar-refractivity contribution < 1.29 is 4.79 Å². The van der Waals surface area contributed by atoms with Gasteiger partial charge >= 0.3 is 0 Å². The van der Waals surface area contributed by atoms with Gasteiger partial charge in [-0.3, -0.25) is 9.48 Å². The van der Waals surface area contributed by atoms with Crippen LogP contribution in [0.4, 0.5) is 5.69 Å². The number of hydrogen-bond acceptors (Lipinski definition) is 6. The van der Waals surface area contributed by atoms with Crippen LogP contribution in [0.1, 0.15) is 29.8 Å². The highest BCUT2D eigenvalue weighted by Gasteiger charge is 2.13. The number of rotatable bonds is 5. The number of carbonyl (C=O) groups excluding carboxylic acids is 1. The van der Waals surface area contributed by atoms with E-state index in [0.29, 0.717) is 12.8 Å². The van der Waals surface area contributed by atoms with Crippen LogP contribution in [-0.4, -0.2) is 42.4 Å². The number of carbonyl (C=O) groups is 1. The second-order valence-electron chi connectivity index (χ2n) is 6.68. The molecule has 2 N–H and O–H groups in total. The summed E-state index contributed by atoms with van der Waals surface area (Å²) in [6, 6.07) is 7.81. The van der Waals surface area contributed by atoms with Gasteiger partial charge in [-0.25, -0.2) is 4.68 Å². The van der Waals surface area contributed by atoms with Gasteiger partial charge in [0.1, 0.15) is 6.33 Å².